The Morgan fingerprint density at radius 3 is 2.42 bits per heavy atom. The number of sulfonamides is 1. The fourth-order valence-corrected chi connectivity index (χ4v) is 4.17. The van der Waals surface area contributed by atoms with Crippen LogP contribution in [0.5, 0.6) is 0 Å². The summed E-state index contributed by atoms with van der Waals surface area (Å²) in [5, 5.41) is 13.8. The Morgan fingerprint density at radius 1 is 1.09 bits per heavy atom. The van der Waals surface area contributed by atoms with Gasteiger partial charge < -0.3 is 5.32 Å². The van der Waals surface area contributed by atoms with Gasteiger partial charge in [-0.2, -0.15) is 0 Å². The van der Waals surface area contributed by atoms with Crippen LogP contribution in [0.1, 0.15) is 24.0 Å². The Bertz CT molecular complexity index is 1350. The maximum absolute atomic E-state index is 13.0. The summed E-state index contributed by atoms with van der Waals surface area (Å²) in [7, 11) is -3.49. The van der Waals surface area contributed by atoms with E-state index in [0.29, 0.717) is 33.9 Å². The van der Waals surface area contributed by atoms with Gasteiger partial charge in [0, 0.05) is 23.5 Å². The summed E-state index contributed by atoms with van der Waals surface area (Å²) in [6.07, 6.45) is 0. The van der Waals surface area contributed by atoms with Crippen molar-refractivity contribution in [2.45, 2.75) is 12.8 Å². The Morgan fingerprint density at radius 2 is 1.79 bits per heavy atom. The summed E-state index contributed by atoms with van der Waals surface area (Å²) in [6.45, 7) is 1.54. The molecule has 0 aliphatic carbocycles. The molecule has 0 aromatic heterocycles. The number of hydrogen-bond donors (Lipinski definition) is 2. The van der Waals surface area contributed by atoms with Gasteiger partial charge in [-0.05, 0) is 48.4 Å². The molecule has 3 aromatic rings. The lowest BCUT2D eigenvalue weighted by atomic mass is 9.90. The number of benzene rings is 3. The average Bonchev–Trinajstić information content (AvgIpc) is 3.13. The van der Waals surface area contributed by atoms with Crippen molar-refractivity contribution in [2.24, 2.45) is 4.99 Å². The van der Waals surface area contributed by atoms with Crippen molar-refractivity contribution in [3.63, 3.8) is 0 Å². The number of nitro benzene ring substituents is 1. The van der Waals surface area contributed by atoms with Crippen molar-refractivity contribution in [3.8, 4) is 0 Å². The van der Waals surface area contributed by atoms with E-state index >= 15 is 0 Å². The van der Waals surface area contributed by atoms with Crippen molar-refractivity contribution in [1.29, 1.82) is 0 Å². The van der Waals surface area contributed by atoms with Gasteiger partial charge in [0.2, 0.25) is 15.9 Å². The molecule has 2 N–H and O–H groups in total. The summed E-state index contributed by atoms with van der Waals surface area (Å²) in [6, 6.07) is 19.7. The van der Waals surface area contributed by atoms with E-state index in [1.165, 1.54) is 31.2 Å². The van der Waals surface area contributed by atoms with E-state index in [9.17, 15) is 23.3 Å². The van der Waals surface area contributed by atoms with Gasteiger partial charge in [0.05, 0.1) is 22.1 Å². The Labute approximate surface area is 190 Å². The lowest BCUT2D eigenvalue weighted by Crippen LogP contribution is -2.22. The first kappa shape index (κ1) is 22.2. The van der Waals surface area contributed by atoms with Gasteiger partial charge in [0.15, 0.2) is 0 Å². The second-order valence-electron chi connectivity index (χ2n) is 7.37. The number of non-ortho nitro benzene ring substituents is 1. The number of aliphatic imine (C=N–C) groups is 1. The molecule has 0 fully saturated rings. The number of nitro groups is 1. The highest BCUT2D eigenvalue weighted by Crippen LogP contribution is 2.38. The SMILES string of the molecule is CCS(=O)(=O)Nc1ccc2c(c1)C(C(=Nc1ccc([N+](=O)[O-])cc1)c1ccccc1)C(=O)N2. The van der Waals surface area contributed by atoms with Gasteiger partial charge in [0.1, 0.15) is 5.92 Å². The molecule has 1 unspecified atom stereocenters. The summed E-state index contributed by atoms with van der Waals surface area (Å²) in [4.78, 5) is 28.2. The van der Waals surface area contributed by atoms with Crippen LogP contribution in [-0.2, 0) is 14.8 Å². The van der Waals surface area contributed by atoms with Crippen molar-refractivity contribution < 1.29 is 18.1 Å². The van der Waals surface area contributed by atoms with E-state index in [1.54, 1.807) is 18.2 Å². The zero-order chi connectivity index (χ0) is 23.6. The number of carbonyl (C=O) groups is 1. The second kappa shape index (κ2) is 8.83. The minimum Gasteiger partial charge on any atom is -0.325 e. The highest BCUT2D eigenvalue weighted by Gasteiger charge is 2.35. The molecule has 0 radical (unpaired) electrons. The standard InChI is InChI=1S/C23H20N4O5S/c1-2-33(31,32)26-17-10-13-20-19(14-17)21(23(28)25-20)22(15-6-4-3-5-7-15)24-16-8-11-18(12-9-16)27(29)30/h3-14,21,26H,2H2,1H3,(H,25,28). The molecular formula is C23H20N4O5S. The lowest BCUT2D eigenvalue weighted by molar-refractivity contribution is -0.384. The largest absolute Gasteiger partial charge is 0.325 e. The van der Waals surface area contributed by atoms with Gasteiger partial charge in [-0.3, -0.25) is 24.6 Å². The van der Waals surface area contributed by atoms with E-state index in [1.807, 2.05) is 30.3 Å². The minimum absolute atomic E-state index is 0.0629. The number of amides is 1. The highest BCUT2D eigenvalue weighted by atomic mass is 32.2. The number of fused-ring (bicyclic) bond motifs is 1. The van der Waals surface area contributed by atoms with Crippen LogP contribution >= 0.6 is 0 Å². The normalized spacial score (nSPS) is 15.6. The number of nitrogens with one attached hydrogen (secondary N) is 2. The summed E-state index contributed by atoms with van der Waals surface area (Å²) < 4.78 is 26.6. The van der Waals surface area contributed by atoms with Crippen molar-refractivity contribution in [1.82, 2.24) is 0 Å². The van der Waals surface area contributed by atoms with Gasteiger partial charge in [0.25, 0.3) is 5.69 Å². The minimum atomic E-state index is -3.49. The van der Waals surface area contributed by atoms with Crippen molar-refractivity contribution in [3.05, 3.63) is 94.0 Å². The Hall–Kier alpha value is -4.05. The molecule has 10 heteroatoms. The average molecular weight is 465 g/mol. The number of nitrogens with zero attached hydrogens (tertiary/aromatic N) is 2. The van der Waals surface area contributed by atoms with E-state index < -0.39 is 20.9 Å². The fraction of sp³-hybridized carbons (Fsp3) is 0.130. The molecule has 1 aliphatic rings. The van der Waals surface area contributed by atoms with Crippen molar-refractivity contribution in [2.75, 3.05) is 15.8 Å². The van der Waals surface area contributed by atoms with Crippen LogP contribution in [0.25, 0.3) is 0 Å². The van der Waals surface area contributed by atoms with Crippen LogP contribution in [0, 0.1) is 10.1 Å². The van der Waals surface area contributed by atoms with E-state index in [0.717, 1.165) is 0 Å². The topological polar surface area (TPSA) is 131 Å². The van der Waals surface area contributed by atoms with Crippen LogP contribution in [0.15, 0.2) is 77.8 Å². The molecule has 1 atom stereocenters. The second-order valence-corrected chi connectivity index (χ2v) is 9.38. The molecule has 0 saturated carbocycles. The maximum atomic E-state index is 13.0. The first-order chi connectivity index (χ1) is 15.8. The smallest absolute Gasteiger partial charge is 0.269 e. The molecule has 1 heterocycles. The van der Waals surface area contributed by atoms with Crippen molar-refractivity contribution >= 4 is 44.4 Å². The van der Waals surface area contributed by atoms with Crippen LogP contribution in [0.2, 0.25) is 0 Å². The molecule has 1 aliphatic heterocycles. The summed E-state index contributed by atoms with van der Waals surface area (Å²) >= 11 is 0. The van der Waals surface area contributed by atoms with E-state index in [4.69, 9.17) is 0 Å². The third kappa shape index (κ3) is 4.75. The monoisotopic (exact) mass is 464 g/mol. The molecule has 168 valence electrons. The first-order valence-corrected chi connectivity index (χ1v) is 11.8. The zero-order valence-electron chi connectivity index (χ0n) is 17.6. The highest BCUT2D eigenvalue weighted by molar-refractivity contribution is 7.92. The molecule has 1 amide bonds. The summed E-state index contributed by atoms with van der Waals surface area (Å²) in [5.41, 5.74) is 3.02. The van der Waals surface area contributed by atoms with Gasteiger partial charge in [-0.25, -0.2) is 8.42 Å². The molecule has 33 heavy (non-hydrogen) atoms. The first-order valence-electron chi connectivity index (χ1n) is 10.1. The third-order valence-corrected chi connectivity index (χ3v) is 6.50. The van der Waals surface area contributed by atoms with Crippen LogP contribution in [-0.4, -0.2) is 30.7 Å². The number of carbonyl (C=O) groups excluding carboxylic acids is 1. The molecule has 3 aromatic carbocycles. The summed E-state index contributed by atoms with van der Waals surface area (Å²) in [5.74, 6) is -1.18. The predicted octanol–water partition coefficient (Wildman–Crippen LogP) is 4.21. The van der Waals surface area contributed by atoms with E-state index in [-0.39, 0.29) is 17.3 Å². The third-order valence-electron chi connectivity index (χ3n) is 5.19. The Balaban J connectivity index is 1.82. The van der Waals surface area contributed by atoms with Gasteiger partial charge in [-0.15, -0.1) is 0 Å². The molecular weight excluding hydrogens is 444 g/mol. The lowest BCUT2D eigenvalue weighted by Gasteiger charge is -2.15. The molecule has 9 nitrogen and oxygen atoms in total. The molecule has 0 spiro atoms. The predicted molar refractivity (Wildman–Crippen MR) is 127 cm³/mol. The van der Waals surface area contributed by atoms with Gasteiger partial charge >= 0.3 is 0 Å². The molecule has 0 saturated heterocycles. The van der Waals surface area contributed by atoms with Crippen LogP contribution in [0.4, 0.5) is 22.7 Å². The molecule has 0 bridgehead atoms. The number of anilines is 2. The van der Waals surface area contributed by atoms with Crippen LogP contribution < -0.4 is 10.0 Å². The van der Waals surface area contributed by atoms with Gasteiger partial charge in [-0.1, -0.05) is 30.3 Å². The fourth-order valence-electron chi connectivity index (χ4n) is 3.54. The van der Waals surface area contributed by atoms with Crippen LogP contribution in [0.3, 0.4) is 0 Å². The van der Waals surface area contributed by atoms with E-state index in [2.05, 4.69) is 15.0 Å². The molecule has 4 rings (SSSR count). The number of rotatable bonds is 7. The zero-order valence-corrected chi connectivity index (χ0v) is 18.4. The Kier molecular flexibility index (Phi) is 5.93. The maximum Gasteiger partial charge on any atom is 0.269 e. The quantitative estimate of drug-likeness (QED) is 0.307. The number of hydrogen-bond acceptors (Lipinski definition) is 6.